The van der Waals surface area contributed by atoms with Crippen LogP contribution in [0.3, 0.4) is 0 Å². The monoisotopic (exact) mass is 505 g/mol. The van der Waals surface area contributed by atoms with E-state index in [4.69, 9.17) is 9.72 Å². The Labute approximate surface area is 212 Å². The summed E-state index contributed by atoms with van der Waals surface area (Å²) in [6.45, 7) is 11.3. The highest BCUT2D eigenvalue weighted by molar-refractivity contribution is 7.22. The normalized spacial score (nSPS) is 16.9. The second kappa shape index (κ2) is 8.52. The number of nitrogens with zero attached hydrogens (tertiary/aromatic N) is 4. The lowest BCUT2D eigenvalue weighted by molar-refractivity contribution is -0.0882. The van der Waals surface area contributed by atoms with Crippen LogP contribution in [0.4, 0.5) is 0 Å². The number of nitrogens with one attached hydrogen (secondary N) is 3. The molecule has 0 spiro atoms. The van der Waals surface area contributed by atoms with E-state index in [1.165, 1.54) is 5.56 Å². The third-order valence-corrected chi connectivity index (χ3v) is 7.69. The van der Waals surface area contributed by atoms with Gasteiger partial charge in [0, 0.05) is 42.7 Å². The fourth-order valence-corrected chi connectivity index (χ4v) is 6.15. The van der Waals surface area contributed by atoms with Crippen molar-refractivity contribution in [3.63, 3.8) is 0 Å². The Morgan fingerprint density at radius 1 is 1.22 bits per heavy atom. The fourth-order valence-electron chi connectivity index (χ4n) is 5.07. The van der Waals surface area contributed by atoms with Gasteiger partial charge >= 0.3 is 0 Å². The van der Waals surface area contributed by atoms with Gasteiger partial charge in [0.1, 0.15) is 5.69 Å². The first kappa shape index (κ1) is 23.4. The first-order chi connectivity index (χ1) is 17.1. The van der Waals surface area contributed by atoms with Crippen LogP contribution in [0.25, 0.3) is 43.2 Å². The lowest BCUT2D eigenvalue weighted by atomic mass is 9.95. The number of ether oxygens (including phenoxy) is 1. The number of thiophene rings is 1. The van der Waals surface area contributed by atoms with E-state index in [1.807, 2.05) is 26.2 Å². The molecule has 0 aliphatic carbocycles. The van der Waals surface area contributed by atoms with Gasteiger partial charge in [0.15, 0.2) is 5.82 Å². The predicted molar refractivity (Wildman–Crippen MR) is 142 cm³/mol. The van der Waals surface area contributed by atoms with Gasteiger partial charge in [-0.05, 0) is 51.0 Å². The Bertz CT molecular complexity index is 1520. The number of hydrogen-bond donors (Lipinski definition) is 4. The van der Waals surface area contributed by atoms with Crippen LogP contribution >= 0.6 is 11.3 Å². The van der Waals surface area contributed by atoms with Crippen molar-refractivity contribution in [1.82, 2.24) is 35.3 Å². The van der Waals surface area contributed by atoms with Gasteiger partial charge in [0.25, 0.3) is 0 Å². The number of benzene rings is 1. The Balaban J connectivity index is 1.40. The zero-order valence-electron chi connectivity index (χ0n) is 21.0. The lowest BCUT2D eigenvalue weighted by Gasteiger charge is -2.38. The van der Waals surface area contributed by atoms with E-state index < -0.39 is 5.60 Å². The number of hydrogen-bond acceptors (Lipinski definition) is 7. The number of aliphatic hydroxyl groups is 1. The maximum absolute atomic E-state index is 10.6. The highest BCUT2D eigenvalue weighted by Gasteiger charge is 2.28. The average molecular weight is 506 g/mol. The molecule has 9 nitrogen and oxygen atoms in total. The third kappa shape index (κ3) is 4.57. The summed E-state index contributed by atoms with van der Waals surface area (Å²) in [6, 6.07) is 6.46. The first-order valence-corrected chi connectivity index (χ1v) is 13.0. The largest absolute Gasteiger partial charge is 0.390 e. The van der Waals surface area contributed by atoms with Gasteiger partial charge < -0.3 is 14.8 Å². The van der Waals surface area contributed by atoms with Crippen molar-refractivity contribution in [3.05, 3.63) is 41.7 Å². The number of rotatable bonds is 6. The molecule has 5 aromatic rings. The zero-order valence-corrected chi connectivity index (χ0v) is 21.8. The lowest BCUT2D eigenvalue weighted by Crippen LogP contribution is -2.47. The molecular weight excluding hydrogens is 474 g/mol. The molecule has 10 heteroatoms. The standard InChI is InChI=1S/C26H31N7O2S/c1-25(2,34)10-16-7-15(13-33-5-6-35-26(3,4)14-33)8-18-21(16)30-24(29-18)22-23-19(31-32-22)9-20(36-23)17-11-27-28-12-17/h7-9,11-12,34H,5-6,10,13-14H2,1-4H3,(H,27,28)(H,29,30)(H,31,32). The number of aromatic nitrogens is 6. The van der Waals surface area contributed by atoms with Crippen molar-refractivity contribution in [2.45, 2.75) is 51.9 Å². The van der Waals surface area contributed by atoms with Crippen molar-refractivity contribution in [2.75, 3.05) is 19.7 Å². The smallest absolute Gasteiger partial charge is 0.160 e. The molecule has 1 fully saturated rings. The number of imidazole rings is 1. The minimum Gasteiger partial charge on any atom is -0.390 e. The molecule has 0 unspecified atom stereocenters. The molecule has 1 aliphatic rings. The minimum atomic E-state index is -0.849. The summed E-state index contributed by atoms with van der Waals surface area (Å²) in [4.78, 5) is 12.0. The maximum Gasteiger partial charge on any atom is 0.160 e. The topological polar surface area (TPSA) is 119 Å². The van der Waals surface area contributed by atoms with Crippen LogP contribution in [0.2, 0.25) is 0 Å². The zero-order chi connectivity index (χ0) is 25.1. The summed E-state index contributed by atoms with van der Waals surface area (Å²) in [6.07, 6.45) is 4.22. The predicted octanol–water partition coefficient (Wildman–Crippen LogP) is 4.48. The van der Waals surface area contributed by atoms with Gasteiger partial charge in [-0.15, -0.1) is 11.3 Å². The molecule has 0 radical (unpaired) electrons. The van der Waals surface area contributed by atoms with Crippen LogP contribution in [0.1, 0.15) is 38.8 Å². The molecule has 36 heavy (non-hydrogen) atoms. The van der Waals surface area contributed by atoms with Crippen LogP contribution in [0, 0.1) is 0 Å². The molecule has 6 rings (SSSR count). The van der Waals surface area contributed by atoms with Crippen molar-refractivity contribution in [1.29, 1.82) is 0 Å². The van der Waals surface area contributed by atoms with Crippen molar-refractivity contribution >= 4 is 32.6 Å². The number of morpholine rings is 1. The molecule has 0 saturated carbocycles. The molecule has 0 atom stereocenters. The SMILES string of the molecule is CC(C)(O)Cc1cc(CN2CCOC(C)(C)C2)cc2[nH]c(-c3n[nH]c4cc(-c5cn[nH]c5)sc34)nc12. The van der Waals surface area contributed by atoms with Gasteiger partial charge in [-0.2, -0.15) is 10.2 Å². The first-order valence-electron chi connectivity index (χ1n) is 12.2. The summed E-state index contributed by atoms with van der Waals surface area (Å²) < 4.78 is 6.94. The van der Waals surface area contributed by atoms with Gasteiger partial charge in [0.05, 0.1) is 45.3 Å². The molecule has 1 aliphatic heterocycles. The summed E-state index contributed by atoms with van der Waals surface area (Å²) in [5.41, 5.74) is 5.87. The highest BCUT2D eigenvalue weighted by Crippen LogP contribution is 2.38. The van der Waals surface area contributed by atoms with E-state index in [1.54, 1.807) is 11.3 Å². The second-order valence-electron chi connectivity index (χ2n) is 11.0. The Kier molecular flexibility index (Phi) is 5.52. The van der Waals surface area contributed by atoms with Crippen molar-refractivity contribution < 1.29 is 9.84 Å². The third-order valence-electron chi connectivity index (χ3n) is 6.50. The van der Waals surface area contributed by atoms with Crippen molar-refractivity contribution in [2.24, 2.45) is 0 Å². The van der Waals surface area contributed by atoms with Gasteiger partial charge in [-0.3, -0.25) is 15.1 Å². The summed E-state index contributed by atoms with van der Waals surface area (Å²) >= 11 is 1.66. The summed E-state index contributed by atoms with van der Waals surface area (Å²) in [7, 11) is 0. The summed E-state index contributed by atoms with van der Waals surface area (Å²) in [5.74, 6) is 0.721. The van der Waals surface area contributed by atoms with E-state index in [0.29, 0.717) is 6.42 Å². The van der Waals surface area contributed by atoms with Crippen LogP contribution in [0.5, 0.6) is 0 Å². The Hall–Kier alpha value is -3.05. The molecular formula is C26H31N7O2S. The number of aromatic amines is 3. The summed E-state index contributed by atoms with van der Waals surface area (Å²) in [5, 5.41) is 25.3. The minimum absolute atomic E-state index is 0.152. The molecule has 0 bridgehead atoms. The Morgan fingerprint density at radius 2 is 2.08 bits per heavy atom. The van der Waals surface area contributed by atoms with Gasteiger partial charge in [0.2, 0.25) is 0 Å². The van der Waals surface area contributed by atoms with Crippen LogP contribution in [-0.2, 0) is 17.7 Å². The van der Waals surface area contributed by atoms with Crippen LogP contribution in [-0.4, -0.2) is 71.3 Å². The van der Waals surface area contributed by atoms with Crippen LogP contribution in [0.15, 0.2) is 30.6 Å². The van der Waals surface area contributed by atoms with E-state index in [0.717, 1.165) is 75.0 Å². The maximum atomic E-state index is 10.6. The molecule has 1 aromatic carbocycles. The number of fused-ring (bicyclic) bond motifs is 2. The second-order valence-corrected chi connectivity index (χ2v) is 12.0. The average Bonchev–Trinajstić information content (AvgIpc) is 3.54. The van der Waals surface area contributed by atoms with E-state index in [9.17, 15) is 5.11 Å². The molecule has 1 saturated heterocycles. The van der Waals surface area contributed by atoms with Crippen LogP contribution < -0.4 is 0 Å². The van der Waals surface area contributed by atoms with E-state index in [2.05, 4.69) is 62.3 Å². The van der Waals surface area contributed by atoms with Gasteiger partial charge in [-0.1, -0.05) is 6.07 Å². The molecule has 4 N–H and O–H groups in total. The van der Waals surface area contributed by atoms with E-state index >= 15 is 0 Å². The highest BCUT2D eigenvalue weighted by atomic mass is 32.1. The van der Waals surface area contributed by atoms with Crippen molar-refractivity contribution in [3.8, 4) is 22.0 Å². The van der Waals surface area contributed by atoms with E-state index in [-0.39, 0.29) is 5.60 Å². The quantitative estimate of drug-likeness (QED) is 0.270. The fraction of sp³-hybridized carbons (Fsp3) is 0.423. The molecule has 0 amide bonds. The molecule has 188 valence electrons. The Morgan fingerprint density at radius 3 is 2.83 bits per heavy atom. The number of H-pyrrole nitrogens is 3. The molecule has 5 heterocycles. The van der Waals surface area contributed by atoms with Gasteiger partial charge in [-0.25, -0.2) is 4.98 Å². The molecule has 4 aromatic heterocycles.